The van der Waals surface area contributed by atoms with Crippen LogP contribution in [0.3, 0.4) is 0 Å². The lowest BCUT2D eigenvalue weighted by molar-refractivity contribution is 0.401. The predicted molar refractivity (Wildman–Crippen MR) is 88.1 cm³/mol. The van der Waals surface area contributed by atoms with Crippen LogP contribution in [0.25, 0.3) is 10.1 Å². The van der Waals surface area contributed by atoms with Crippen LogP contribution in [0.5, 0.6) is 5.75 Å². The number of hydrogen-bond acceptors (Lipinski definition) is 4. The number of benzene rings is 1. The maximum absolute atomic E-state index is 5.47. The van der Waals surface area contributed by atoms with Gasteiger partial charge in [0.2, 0.25) is 0 Å². The van der Waals surface area contributed by atoms with Crippen molar-refractivity contribution in [3.63, 3.8) is 0 Å². The summed E-state index contributed by atoms with van der Waals surface area (Å²) in [4.78, 5) is 5.79. The van der Waals surface area contributed by atoms with Gasteiger partial charge in [-0.2, -0.15) is 0 Å². The van der Waals surface area contributed by atoms with Gasteiger partial charge in [-0.15, -0.1) is 11.3 Å². The topological polar surface area (TPSA) is 34.2 Å². The molecular weight excluding hydrogens is 280 g/mol. The lowest BCUT2D eigenvalue weighted by Crippen LogP contribution is -2.22. The summed E-state index contributed by atoms with van der Waals surface area (Å²) >= 11 is 1.80. The molecule has 0 saturated carbocycles. The zero-order valence-electron chi connectivity index (χ0n) is 12.2. The molecule has 1 unspecified atom stereocenters. The highest BCUT2D eigenvalue weighted by Crippen LogP contribution is 2.35. The van der Waals surface area contributed by atoms with E-state index < -0.39 is 0 Å². The number of hydrogen-bond donors (Lipinski definition) is 1. The fourth-order valence-corrected chi connectivity index (χ4v) is 3.62. The van der Waals surface area contributed by atoms with E-state index in [2.05, 4.69) is 47.6 Å². The van der Waals surface area contributed by atoms with E-state index in [0.717, 1.165) is 18.0 Å². The van der Waals surface area contributed by atoms with Gasteiger partial charge in [0.05, 0.1) is 13.2 Å². The number of nitrogens with one attached hydrogen (secondary N) is 1. The second-order valence-corrected chi connectivity index (χ2v) is 5.88. The van der Waals surface area contributed by atoms with Crippen LogP contribution < -0.4 is 10.1 Å². The zero-order chi connectivity index (χ0) is 14.7. The first-order valence-electron chi connectivity index (χ1n) is 7.04. The molecule has 2 heterocycles. The van der Waals surface area contributed by atoms with Crippen molar-refractivity contribution < 1.29 is 4.74 Å². The van der Waals surface area contributed by atoms with Gasteiger partial charge in [0.15, 0.2) is 0 Å². The van der Waals surface area contributed by atoms with Crippen molar-refractivity contribution in [2.45, 2.75) is 13.0 Å². The molecule has 0 fully saturated rings. The van der Waals surface area contributed by atoms with Gasteiger partial charge in [0.25, 0.3) is 0 Å². The smallest absolute Gasteiger partial charge is 0.142 e. The van der Waals surface area contributed by atoms with Gasteiger partial charge in [0, 0.05) is 15.8 Å². The van der Waals surface area contributed by atoms with E-state index in [1.165, 1.54) is 15.0 Å². The highest BCUT2D eigenvalue weighted by molar-refractivity contribution is 7.19. The number of ether oxygens (including phenoxy) is 1. The van der Waals surface area contributed by atoms with Crippen molar-refractivity contribution in [3.05, 3.63) is 59.2 Å². The van der Waals surface area contributed by atoms with Gasteiger partial charge < -0.3 is 10.1 Å². The second kappa shape index (κ2) is 6.24. The third-order valence-corrected chi connectivity index (χ3v) is 4.61. The maximum atomic E-state index is 5.47. The molecule has 3 nitrogen and oxygen atoms in total. The number of methoxy groups -OCH3 is 1. The van der Waals surface area contributed by atoms with Gasteiger partial charge >= 0.3 is 0 Å². The first-order valence-corrected chi connectivity index (χ1v) is 7.86. The molecule has 1 N–H and O–H groups in total. The van der Waals surface area contributed by atoms with E-state index in [0.29, 0.717) is 0 Å². The van der Waals surface area contributed by atoms with E-state index in [1.54, 1.807) is 18.4 Å². The van der Waals surface area contributed by atoms with E-state index in [9.17, 15) is 0 Å². The molecule has 4 heteroatoms. The molecule has 3 rings (SSSR count). The summed E-state index contributed by atoms with van der Waals surface area (Å²) in [6.45, 7) is 2.98. The van der Waals surface area contributed by atoms with Crippen LogP contribution in [0, 0.1) is 0 Å². The SMILES string of the molecule is CCNC(c1cc2ccccc2s1)c1ncccc1OC. The summed E-state index contributed by atoms with van der Waals surface area (Å²) in [5.74, 6) is 0.820. The number of thiophene rings is 1. The summed E-state index contributed by atoms with van der Waals surface area (Å²) in [5, 5.41) is 4.79. The molecule has 0 spiro atoms. The van der Waals surface area contributed by atoms with Crippen LogP contribution in [0.4, 0.5) is 0 Å². The lowest BCUT2D eigenvalue weighted by Gasteiger charge is -2.18. The van der Waals surface area contributed by atoms with Gasteiger partial charge in [-0.3, -0.25) is 4.98 Å². The molecule has 108 valence electrons. The Morgan fingerprint density at radius 1 is 1.24 bits per heavy atom. The van der Waals surface area contributed by atoms with E-state index in [4.69, 9.17) is 4.74 Å². The largest absolute Gasteiger partial charge is 0.495 e. The summed E-state index contributed by atoms with van der Waals surface area (Å²) < 4.78 is 6.77. The van der Waals surface area contributed by atoms with Crippen molar-refractivity contribution in [2.24, 2.45) is 0 Å². The molecular formula is C17H18N2OS. The minimum absolute atomic E-state index is 0.0588. The highest BCUT2D eigenvalue weighted by atomic mass is 32.1. The van der Waals surface area contributed by atoms with Crippen LogP contribution in [0.15, 0.2) is 48.7 Å². The first kappa shape index (κ1) is 14.0. The van der Waals surface area contributed by atoms with Crippen molar-refractivity contribution in [3.8, 4) is 5.75 Å². The molecule has 0 aliphatic carbocycles. The summed E-state index contributed by atoms with van der Waals surface area (Å²) in [7, 11) is 1.69. The molecule has 1 atom stereocenters. The highest BCUT2D eigenvalue weighted by Gasteiger charge is 2.20. The van der Waals surface area contributed by atoms with Crippen molar-refractivity contribution in [1.29, 1.82) is 0 Å². The van der Waals surface area contributed by atoms with Crippen LogP contribution in [-0.4, -0.2) is 18.6 Å². The summed E-state index contributed by atoms with van der Waals surface area (Å²) in [5.41, 5.74) is 0.938. The van der Waals surface area contributed by atoms with Gasteiger partial charge in [0.1, 0.15) is 11.4 Å². The van der Waals surface area contributed by atoms with Crippen molar-refractivity contribution in [1.82, 2.24) is 10.3 Å². The lowest BCUT2D eigenvalue weighted by atomic mass is 10.1. The fourth-order valence-electron chi connectivity index (χ4n) is 2.47. The Hall–Kier alpha value is -1.91. The molecule has 0 saturated heterocycles. The standard InChI is InChI=1S/C17H18N2OS/c1-3-18-17(16-13(20-2)8-6-10-19-16)15-11-12-7-4-5-9-14(12)21-15/h4-11,17-18H,3H2,1-2H3. The number of nitrogens with zero attached hydrogens (tertiary/aromatic N) is 1. The molecule has 0 bridgehead atoms. The predicted octanol–water partition coefficient (Wildman–Crippen LogP) is 4.00. The van der Waals surface area contributed by atoms with E-state index in [-0.39, 0.29) is 6.04 Å². The average molecular weight is 298 g/mol. The molecule has 1 aromatic carbocycles. The number of rotatable bonds is 5. The molecule has 0 radical (unpaired) electrons. The van der Waals surface area contributed by atoms with Crippen molar-refractivity contribution >= 4 is 21.4 Å². The van der Waals surface area contributed by atoms with Gasteiger partial charge in [-0.1, -0.05) is 25.1 Å². The Morgan fingerprint density at radius 2 is 2.10 bits per heavy atom. The third-order valence-electron chi connectivity index (χ3n) is 3.43. The van der Waals surface area contributed by atoms with Gasteiger partial charge in [-0.25, -0.2) is 0 Å². The van der Waals surface area contributed by atoms with Crippen LogP contribution in [0.2, 0.25) is 0 Å². The molecule has 0 amide bonds. The Balaban J connectivity index is 2.08. The summed E-state index contributed by atoms with van der Waals surface area (Å²) in [6.07, 6.45) is 1.81. The monoisotopic (exact) mass is 298 g/mol. The van der Waals surface area contributed by atoms with Crippen molar-refractivity contribution in [2.75, 3.05) is 13.7 Å². The Labute approximate surface area is 128 Å². The first-order chi connectivity index (χ1) is 10.3. The summed E-state index contributed by atoms with van der Waals surface area (Å²) in [6, 6.07) is 14.6. The van der Waals surface area contributed by atoms with Crippen LogP contribution in [0.1, 0.15) is 23.5 Å². The Morgan fingerprint density at radius 3 is 2.86 bits per heavy atom. The normalized spacial score (nSPS) is 12.5. The third kappa shape index (κ3) is 2.77. The van der Waals surface area contributed by atoms with Crippen LogP contribution >= 0.6 is 11.3 Å². The molecule has 3 aromatic rings. The fraction of sp³-hybridized carbons (Fsp3) is 0.235. The number of aromatic nitrogens is 1. The molecule has 21 heavy (non-hydrogen) atoms. The average Bonchev–Trinajstić information content (AvgIpc) is 2.96. The molecule has 0 aliphatic heterocycles. The van der Waals surface area contributed by atoms with E-state index in [1.807, 2.05) is 18.3 Å². The quantitative estimate of drug-likeness (QED) is 0.773. The Bertz CT molecular complexity index is 705. The Kier molecular flexibility index (Phi) is 4.18. The molecule has 2 aromatic heterocycles. The zero-order valence-corrected chi connectivity index (χ0v) is 13.0. The minimum atomic E-state index is 0.0588. The van der Waals surface area contributed by atoms with E-state index >= 15 is 0 Å². The maximum Gasteiger partial charge on any atom is 0.142 e. The minimum Gasteiger partial charge on any atom is -0.495 e. The molecule has 0 aliphatic rings. The second-order valence-electron chi connectivity index (χ2n) is 4.77. The number of fused-ring (bicyclic) bond motifs is 1. The van der Waals surface area contributed by atoms with Crippen LogP contribution in [-0.2, 0) is 0 Å². The van der Waals surface area contributed by atoms with Gasteiger partial charge in [-0.05, 0) is 36.2 Å². The number of pyridine rings is 1.